The summed E-state index contributed by atoms with van der Waals surface area (Å²) in [7, 11) is 0.101. The maximum atomic E-state index is 13.1. The van der Waals surface area contributed by atoms with Crippen LogP contribution >= 0.6 is 0 Å². The van der Waals surface area contributed by atoms with Crippen molar-refractivity contribution in [3.8, 4) is 11.5 Å². The van der Waals surface area contributed by atoms with E-state index in [1.54, 1.807) is 81.5 Å². The largest absolute Gasteiger partial charge is 0.494 e. The van der Waals surface area contributed by atoms with E-state index < -0.39 is 50.2 Å². The summed E-state index contributed by atoms with van der Waals surface area (Å²) >= 11 is 0. The van der Waals surface area contributed by atoms with Crippen LogP contribution in [0.1, 0.15) is 60.4 Å². The zero-order valence-corrected chi connectivity index (χ0v) is 29.7. The molecular weight excluding hydrogens is 620 g/mol. The van der Waals surface area contributed by atoms with Gasteiger partial charge in [0.2, 0.25) is 0 Å². The molecule has 0 bridgehead atoms. The summed E-state index contributed by atoms with van der Waals surface area (Å²) in [6, 6.07) is 12.9. The second-order valence-corrected chi connectivity index (χ2v) is 19.0. The predicted molar refractivity (Wildman–Crippen MR) is 183 cm³/mol. The number of carbonyl (C=O) groups excluding carboxylic acids is 1. The Morgan fingerprint density at radius 3 is 2.36 bits per heavy atom. The van der Waals surface area contributed by atoms with Crippen LogP contribution in [-0.4, -0.2) is 80.9 Å². The van der Waals surface area contributed by atoms with Crippen molar-refractivity contribution in [2.45, 2.75) is 90.0 Å². The Labute approximate surface area is 279 Å². The number of aliphatic hydroxyl groups excluding tert-OH is 1. The van der Waals surface area contributed by atoms with E-state index in [-0.39, 0.29) is 24.0 Å². The highest BCUT2D eigenvalue weighted by Gasteiger charge is 2.45. The van der Waals surface area contributed by atoms with Crippen LogP contribution in [0.4, 0.5) is 0 Å². The van der Waals surface area contributed by atoms with Crippen LogP contribution < -0.4 is 9.47 Å². The van der Waals surface area contributed by atoms with Gasteiger partial charge < -0.3 is 38.6 Å². The molecule has 3 rings (SSSR count). The van der Waals surface area contributed by atoms with Crippen LogP contribution in [0.25, 0.3) is 6.08 Å². The first-order valence-corrected chi connectivity index (χ1v) is 19.6. The molecule has 1 saturated heterocycles. The molecule has 3 unspecified atom stereocenters. The zero-order chi connectivity index (χ0) is 34.8. The number of benzene rings is 2. The number of carboxylic acids is 1. The quantitative estimate of drug-likeness (QED) is 0.0802. The van der Waals surface area contributed by atoms with Gasteiger partial charge in [-0.25, -0.2) is 9.59 Å². The summed E-state index contributed by atoms with van der Waals surface area (Å²) < 4.78 is 35.2. The maximum Gasteiger partial charge on any atom is 0.340 e. The van der Waals surface area contributed by atoms with Crippen molar-refractivity contribution in [1.29, 1.82) is 0 Å². The molecule has 0 amide bonds. The molecule has 5 atom stereocenters. The lowest BCUT2D eigenvalue weighted by Crippen LogP contribution is -2.37. The zero-order valence-electron chi connectivity index (χ0n) is 28.7. The number of aliphatic hydroxyl groups is 1. The third-order valence-corrected chi connectivity index (χ3v) is 9.31. The van der Waals surface area contributed by atoms with Crippen molar-refractivity contribution in [3.05, 3.63) is 77.4 Å². The molecule has 258 valence electrons. The van der Waals surface area contributed by atoms with E-state index in [1.807, 2.05) is 13.0 Å². The van der Waals surface area contributed by atoms with Crippen LogP contribution in [0.15, 0.2) is 60.7 Å². The molecule has 0 radical (unpaired) electrons. The molecule has 2 aromatic carbocycles. The number of carbonyl (C=O) groups is 2. The smallest absolute Gasteiger partial charge is 0.340 e. The van der Waals surface area contributed by atoms with Crippen LogP contribution in [0.5, 0.6) is 11.5 Å². The average molecular weight is 671 g/mol. The van der Waals surface area contributed by atoms with E-state index in [2.05, 4.69) is 19.6 Å². The second-order valence-electron chi connectivity index (χ2n) is 13.4. The van der Waals surface area contributed by atoms with Crippen molar-refractivity contribution in [2.75, 3.05) is 20.5 Å². The summed E-state index contributed by atoms with van der Waals surface area (Å²) in [5.74, 6) is -2.24. The molecule has 0 saturated carbocycles. The van der Waals surface area contributed by atoms with E-state index in [4.69, 9.17) is 28.4 Å². The van der Waals surface area contributed by atoms with Crippen molar-refractivity contribution < 1.29 is 48.2 Å². The lowest BCUT2D eigenvalue weighted by Gasteiger charge is -2.25. The highest BCUT2D eigenvalue weighted by molar-refractivity contribution is 6.76. The number of esters is 1. The second kappa shape index (κ2) is 17.1. The van der Waals surface area contributed by atoms with E-state index in [1.165, 1.54) is 7.11 Å². The molecule has 0 aliphatic carbocycles. The maximum absolute atomic E-state index is 13.1. The number of carboxylic acid groups (broad SMARTS) is 1. The lowest BCUT2D eigenvalue weighted by molar-refractivity contribution is -0.152. The standard InChI is InChI=1S/C36H50O10Si/c1-24(25(2)37)17-18-29(44-35(40)26-13-10-9-11-14-26)33-30(45-36(3,4)46-33)16-12-15-27-21-28(42-19-20-47(6,7)8)22-31(43-23-41-5)32(27)34(38)39/h9-15,17-18,21-22,24-25,29-30,33,37H,16,19-20,23H2,1-8H3,(H,38,39)/t24?,25?,29?,30-,33+/m0/s1. The van der Waals surface area contributed by atoms with Gasteiger partial charge in [0.25, 0.3) is 0 Å². The fourth-order valence-electron chi connectivity index (χ4n) is 4.85. The molecule has 2 aromatic rings. The van der Waals surface area contributed by atoms with Gasteiger partial charge in [0.1, 0.15) is 29.3 Å². The number of rotatable bonds is 17. The Morgan fingerprint density at radius 2 is 1.74 bits per heavy atom. The summed E-state index contributed by atoms with van der Waals surface area (Å²) in [6.45, 7) is 14.3. The van der Waals surface area contributed by atoms with Gasteiger partial charge in [0.15, 0.2) is 12.6 Å². The van der Waals surface area contributed by atoms with Crippen molar-refractivity contribution in [2.24, 2.45) is 5.92 Å². The van der Waals surface area contributed by atoms with Gasteiger partial charge in [0.05, 0.1) is 24.4 Å². The predicted octanol–water partition coefficient (Wildman–Crippen LogP) is 6.81. The fraction of sp³-hybridized carbons (Fsp3) is 0.500. The number of ether oxygens (including phenoxy) is 6. The Morgan fingerprint density at radius 1 is 1.04 bits per heavy atom. The first-order valence-electron chi connectivity index (χ1n) is 15.9. The Kier molecular flexibility index (Phi) is 13.8. The molecule has 1 aliphatic rings. The Balaban J connectivity index is 1.93. The molecule has 10 nitrogen and oxygen atoms in total. The van der Waals surface area contributed by atoms with E-state index in [0.717, 1.165) is 6.04 Å². The molecule has 0 spiro atoms. The molecule has 1 fully saturated rings. The fourth-order valence-corrected chi connectivity index (χ4v) is 5.56. The minimum Gasteiger partial charge on any atom is -0.494 e. The van der Waals surface area contributed by atoms with Gasteiger partial charge in [0, 0.05) is 21.3 Å². The molecule has 47 heavy (non-hydrogen) atoms. The van der Waals surface area contributed by atoms with E-state index >= 15 is 0 Å². The average Bonchev–Trinajstić information content (AvgIpc) is 3.31. The third-order valence-electron chi connectivity index (χ3n) is 7.60. The van der Waals surface area contributed by atoms with Gasteiger partial charge in [-0.05, 0) is 69.0 Å². The topological polar surface area (TPSA) is 130 Å². The van der Waals surface area contributed by atoms with Crippen LogP contribution in [0.3, 0.4) is 0 Å². The normalized spacial score (nSPS) is 19.9. The van der Waals surface area contributed by atoms with Crippen LogP contribution in [-0.2, 0) is 18.9 Å². The van der Waals surface area contributed by atoms with Gasteiger partial charge in [-0.15, -0.1) is 0 Å². The van der Waals surface area contributed by atoms with Crippen molar-refractivity contribution >= 4 is 26.1 Å². The lowest BCUT2D eigenvalue weighted by atomic mass is 9.99. The Hall–Kier alpha value is -3.48. The van der Waals surface area contributed by atoms with Gasteiger partial charge >= 0.3 is 11.9 Å². The van der Waals surface area contributed by atoms with Gasteiger partial charge in [-0.2, -0.15) is 0 Å². The summed E-state index contributed by atoms with van der Waals surface area (Å²) in [6.07, 6.45) is 4.62. The number of hydrogen-bond donors (Lipinski definition) is 2. The summed E-state index contributed by atoms with van der Waals surface area (Å²) in [4.78, 5) is 25.5. The van der Waals surface area contributed by atoms with Crippen LogP contribution in [0.2, 0.25) is 25.7 Å². The Bertz CT molecular complexity index is 1380. The molecule has 1 heterocycles. The first kappa shape index (κ1) is 38.0. The highest BCUT2D eigenvalue weighted by Crippen LogP contribution is 2.35. The molecule has 0 aromatic heterocycles. The monoisotopic (exact) mass is 670 g/mol. The minimum atomic E-state index is -1.36. The van der Waals surface area contributed by atoms with Crippen LogP contribution in [0, 0.1) is 5.92 Å². The third kappa shape index (κ3) is 11.9. The SMILES string of the molecule is COCOc1cc(OCC[Si](C)(C)C)cc(C=CC[C@@H]2OC(C)(C)O[C@@H]2C(C=CC(C)C(C)O)OC(=O)c2ccccc2)c1C(=O)O. The van der Waals surface area contributed by atoms with Gasteiger partial charge in [-0.3, -0.25) is 0 Å². The van der Waals surface area contributed by atoms with E-state index in [9.17, 15) is 19.8 Å². The minimum absolute atomic E-state index is 0.0268. The molecule has 2 N–H and O–H groups in total. The highest BCUT2D eigenvalue weighted by atomic mass is 28.3. The first-order chi connectivity index (χ1) is 22.1. The molecule has 11 heteroatoms. The van der Waals surface area contributed by atoms with Gasteiger partial charge in [-0.1, -0.05) is 63.0 Å². The summed E-state index contributed by atoms with van der Waals surface area (Å²) in [5.41, 5.74) is 0.756. The van der Waals surface area contributed by atoms with Crippen molar-refractivity contribution in [3.63, 3.8) is 0 Å². The van der Waals surface area contributed by atoms with E-state index in [0.29, 0.717) is 29.9 Å². The number of aromatic carboxylic acids is 1. The molecule has 1 aliphatic heterocycles. The summed E-state index contributed by atoms with van der Waals surface area (Å²) in [5, 5.41) is 20.2. The van der Waals surface area contributed by atoms with Crippen molar-refractivity contribution in [1.82, 2.24) is 0 Å². The molecular formula is C36H50O10Si. The number of methoxy groups -OCH3 is 1. The number of hydrogen-bond acceptors (Lipinski definition) is 9.